The number of alkyl halides is 3. The van der Waals surface area contributed by atoms with Crippen molar-refractivity contribution in [1.29, 1.82) is 0 Å². The number of hydrogen-bond donors (Lipinski definition) is 0. The summed E-state index contributed by atoms with van der Waals surface area (Å²) in [4.78, 5) is 0. The molecule has 0 radical (unpaired) electrons. The highest BCUT2D eigenvalue weighted by atomic mass is 35.5. The van der Waals surface area contributed by atoms with Gasteiger partial charge in [-0.1, -0.05) is 0 Å². The molecular weight excluding hydrogens is 269 g/mol. The van der Waals surface area contributed by atoms with Gasteiger partial charge < -0.3 is 9.05 Å². The third-order valence-electron chi connectivity index (χ3n) is 1.26. The highest BCUT2D eigenvalue weighted by Crippen LogP contribution is 2.51. The maximum atomic E-state index is 11.8. The van der Waals surface area contributed by atoms with Crippen LogP contribution in [0.5, 0.6) is 0 Å². The van der Waals surface area contributed by atoms with Crippen LogP contribution in [0.3, 0.4) is 0 Å². The minimum Gasteiger partial charge on any atom is -0.303 e. The van der Waals surface area contributed by atoms with E-state index in [9.17, 15) is 4.57 Å². The normalized spacial score (nSPS) is 16.6. The van der Waals surface area contributed by atoms with E-state index in [0.29, 0.717) is 0 Å². The van der Waals surface area contributed by atoms with Crippen molar-refractivity contribution in [2.45, 2.75) is 26.1 Å². The van der Waals surface area contributed by atoms with Gasteiger partial charge in [-0.3, -0.25) is 4.57 Å². The van der Waals surface area contributed by atoms with E-state index in [1.807, 2.05) is 0 Å². The fourth-order valence-electron chi connectivity index (χ4n) is 0.686. The molecule has 0 saturated carbocycles. The summed E-state index contributed by atoms with van der Waals surface area (Å²) in [6, 6.07) is 0. The minimum atomic E-state index is -3.25. The molecule has 0 aliphatic heterocycles. The Morgan fingerprint density at radius 1 is 1.07 bits per heavy atom. The van der Waals surface area contributed by atoms with Crippen LogP contribution in [-0.2, 0) is 13.6 Å². The lowest BCUT2D eigenvalue weighted by Crippen LogP contribution is -2.15. The van der Waals surface area contributed by atoms with Gasteiger partial charge in [0.1, 0.15) is 5.62 Å². The molecule has 0 unspecified atom stereocenters. The van der Waals surface area contributed by atoms with Gasteiger partial charge in [0.25, 0.3) is 0 Å². The molecule has 0 spiro atoms. The van der Waals surface area contributed by atoms with Crippen LogP contribution in [0, 0.1) is 0 Å². The average molecular weight is 284 g/mol. The highest BCUT2D eigenvalue weighted by Gasteiger charge is 2.28. The van der Waals surface area contributed by atoms with E-state index in [2.05, 4.69) is 0 Å². The summed E-state index contributed by atoms with van der Waals surface area (Å²) in [5, 5.41) is 0. The van der Waals surface area contributed by atoms with E-state index in [-0.39, 0.29) is 29.6 Å². The van der Waals surface area contributed by atoms with Crippen molar-refractivity contribution in [1.82, 2.24) is 0 Å². The predicted octanol–water partition coefficient (Wildman–Crippen LogP) is 3.66. The third-order valence-corrected chi connectivity index (χ3v) is 4.66. The second kappa shape index (κ2) is 7.32. The Morgan fingerprint density at radius 3 is 1.64 bits per heavy atom. The van der Waals surface area contributed by atoms with Gasteiger partial charge >= 0.3 is 7.60 Å². The van der Waals surface area contributed by atoms with Crippen LogP contribution >= 0.6 is 42.4 Å². The third kappa shape index (κ3) is 5.79. The smallest absolute Gasteiger partial charge is 0.303 e. The maximum absolute atomic E-state index is 11.8. The van der Waals surface area contributed by atoms with Gasteiger partial charge in [0.05, 0.1) is 12.2 Å². The zero-order chi connectivity index (χ0) is 11.2. The Hall–Kier alpha value is 1.02. The van der Waals surface area contributed by atoms with E-state index in [0.717, 1.165) is 0 Å². The van der Waals surface area contributed by atoms with Crippen molar-refractivity contribution in [2.24, 2.45) is 0 Å². The Morgan fingerprint density at radius 2 is 1.43 bits per heavy atom. The number of hydrogen-bond acceptors (Lipinski definition) is 3. The van der Waals surface area contributed by atoms with Crippen LogP contribution < -0.4 is 0 Å². The van der Waals surface area contributed by atoms with Gasteiger partial charge in [-0.15, -0.1) is 34.8 Å². The Bertz CT molecular complexity index is 187. The van der Waals surface area contributed by atoms with Crippen LogP contribution in [0.25, 0.3) is 0 Å². The first-order chi connectivity index (χ1) is 6.47. The first-order valence-corrected chi connectivity index (χ1v) is 7.44. The topological polar surface area (TPSA) is 35.5 Å². The molecule has 7 heteroatoms. The van der Waals surface area contributed by atoms with Gasteiger partial charge in [0, 0.05) is 11.8 Å². The summed E-state index contributed by atoms with van der Waals surface area (Å²) in [7, 11) is -3.25. The monoisotopic (exact) mass is 282 g/mol. The maximum Gasteiger partial charge on any atom is 0.345 e. The molecule has 0 N–H and O–H groups in total. The van der Waals surface area contributed by atoms with Crippen LogP contribution in [0.2, 0.25) is 0 Å². The molecular formula is C7H14Cl3O3P. The standard InChI is InChI=1S/C7H14Cl3O3P/c1-6(3-8)12-14(11,5-10)13-7(2)4-9/h6-7H,3-5H2,1-2H3/t6-,7-/m1/s1. The van der Waals surface area contributed by atoms with Crippen molar-refractivity contribution < 1.29 is 13.6 Å². The molecule has 14 heavy (non-hydrogen) atoms. The second-order valence-electron chi connectivity index (χ2n) is 2.87. The number of rotatable bonds is 7. The lowest BCUT2D eigenvalue weighted by atomic mass is 10.5. The van der Waals surface area contributed by atoms with Gasteiger partial charge in [0.2, 0.25) is 0 Å². The summed E-state index contributed by atoms with van der Waals surface area (Å²) in [6.07, 6.45) is -0.715. The lowest BCUT2D eigenvalue weighted by Gasteiger charge is -2.22. The molecule has 0 amide bonds. The van der Waals surface area contributed by atoms with Crippen molar-refractivity contribution in [3.05, 3.63) is 0 Å². The van der Waals surface area contributed by atoms with E-state index in [1.54, 1.807) is 13.8 Å². The van der Waals surface area contributed by atoms with E-state index >= 15 is 0 Å². The molecule has 0 rings (SSSR count). The zero-order valence-electron chi connectivity index (χ0n) is 8.08. The van der Waals surface area contributed by atoms with Gasteiger partial charge in [0.15, 0.2) is 0 Å². The largest absolute Gasteiger partial charge is 0.345 e. The predicted molar refractivity (Wildman–Crippen MR) is 60.9 cm³/mol. The van der Waals surface area contributed by atoms with Crippen LogP contribution in [0.4, 0.5) is 0 Å². The second-order valence-corrected chi connectivity index (χ2v) is 6.09. The average Bonchev–Trinajstić information content (AvgIpc) is 2.17. The van der Waals surface area contributed by atoms with Gasteiger partial charge in [-0.25, -0.2) is 0 Å². The molecule has 0 fully saturated rings. The van der Waals surface area contributed by atoms with Crippen molar-refractivity contribution in [2.75, 3.05) is 17.4 Å². The Labute approximate surface area is 99.5 Å². The first-order valence-electron chi connectivity index (χ1n) is 4.11. The van der Waals surface area contributed by atoms with E-state index in [1.165, 1.54) is 0 Å². The molecule has 0 bridgehead atoms. The Balaban J connectivity index is 4.25. The van der Waals surface area contributed by atoms with E-state index < -0.39 is 7.60 Å². The molecule has 2 atom stereocenters. The molecule has 86 valence electrons. The fraction of sp³-hybridized carbons (Fsp3) is 1.00. The minimum absolute atomic E-state index is 0.199. The molecule has 0 heterocycles. The van der Waals surface area contributed by atoms with E-state index in [4.69, 9.17) is 43.9 Å². The summed E-state index contributed by atoms with van der Waals surface area (Å²) in [5.41, 5.74) is -0.199. The van der Waals surface area contributed by atoms with Crippen LogP contribution in [-0.4, -0.2) is 29.6 Å². The first kappa shape index (κ1) is 15.0. The highest BCUT2D eigenvalue weighted by molar-refractivity contribution is 7.55. The zero-order valence-corrected chi connectivity index (χ0v) is 11.2. The van der Waals surface area contributed by atoms with Gasteiger partial charge in [-0.2, -0.15) is 0 Å². The van der Waals surface area contributed by atoms with Crippen molar-refractivity contribution in [3.8, 4) is 0 Å². The molecule has 0 saturated heterocycles. The van der Waals surface area contributed by atoms with Crippen LogP contribution in [0.1, 0.15) is 13.8 Å². The summed E-state index contributed by atoms with van der Waals surface area (Å²) in [5.74, 6) is 0.471. The molecule has 0 aliphatic carbocycles. The quantitative estimate of drug-likeness (QED) is 0.528. The van der Waals surface area contributed by atoms with Crippen LogP contribution in [0.15, 0.2) is 0 Å². The fourth-order valence-corrected chi connectivity index (χ4v) is 2.73. The lowest BCUT2D eigenvalue weighted by molar-refractivity contribution is 0.148. The molecule has 0 aromatic rings. The molecule has 0 aromatic carbocycles. The molecule has 0 aromatic heterocycles. The summed E-state index contributed by atoms with van der Waals surface area (Å²) >= 11 is 16.5. The molecule has 3 nitrogen and oxygen atoms in total. The van der Waals surface area contributed by atoms with Crippen molar-refractivity contribution in [3.63, 3.8) is 0 Å². The van der Waals surface area contributed by atoms with Gasteiger partial charge in [-0.05, 0) is 13.8 Å². The summed E-state index contributed by atoms with van der Waals surface area (Å²) in [6.45, 7) is 3.39. The summed E-state index contributed by atoms with van der Waals surface area (Å²) < 4.78 is 22.1. The molecule has 0 aliphatic rings. The van der Waals surface area contributed by atoms with Crippen molar-refractivity contribution >= 4 is 42.4 Å². The Kier molecular flexibility index (Phi) is 7.85. The SMILES string of the molecule is C[C@H](CCl)OP(=O)(CCl)O[C@H](C)CCl. The number of halogens is 3.